The lowest BCUT2D eigenvalue weighted by Gasteiger charge is -2.29. The van der Waals surface area contributed by atoms with E-state index in [2.05, 4.69) is 5.32 Å². The number of nitrogens with zero attached hydrogens (tertiary/aromatic N) is 1. The maximum Gasteiger partial charge on any atom is 0.214 e. The van der Waals surface area contributed by atoms with Gasteiger partial charge in [0.05, 0.1) is 12.4 Å². The normalized spacial score (nSPS) is 19.1. The van der Waals surface area contributed by atoms with Crippen LogP contribution >= 0.6 is 0 Å². The van der Waals surface area contributed by atoms with Gasteiger partial charge < -0.3 is 10.4 Å². The minimum atomic E-state index is -3.24. The molecule has 0 atom stereocenters. The maximum absolute atomic E-state index is 12.2. The molecule has 1 aliphatic rings. The van der Waals surface area contributed by atoms with Crippen LogP contribution in [0.1, 0.15) is 26.7 Å². The number of piperidine rings is 1. The molecule has 1 fully saturated rings. The van der Waals surface area contributed by atoms with Gasteiger partial charge in [0.15, 0.2) is 0 Å². The van der Waals surface area contributed by atoms with E-state index in [1.807, 2.05) is 13.8 Å². The molecule has 1 saturated heterocycles. The Morgan fingerprint density at radius 2 is 1.94 bits per heavy atom. The number of hydrogen-bond donors (Lipinski definition) is 2. The molecule has 0 aromatic heterocycles. The fourth-order valence-electron chi connectivity index (χ4n) is 2.26. The van der Waals surface area contributed by atoms with E-state index in [1.54, 1.807) is 0 Å². The van der Waals surface area contributed by atoms with Gasteiger partial charge >= 0.3 is 0 Å². The van der Waals surface area contributed by atoms with Crippen molar-refractivity contribution in [1.82, 2.24) is 9.62 Å². The molecule has 1 heterocycles. The molecular formula is C11H24N2O3S. The van der Waals surface area contributed by atoms with E-state index < -0.39 is 10.0 Å². The average Bonchev–Trinajstić information content (AvgIpc) is 2.26. The highest BCUT2D eigenvalue weighted by Gasteiger charge is 2.28. The lowest BCUT2D eigenvalue weighted by atomic mass is 10.0. The molecule has 2 N–H and O–H groups in total. The Morgan fingerprint density at radius 1 is 1.35 bits per heavy atom. The summed E-state index contributed by atoms with van der Waals surface area (Å²) in [5, 5.41) is 12.2. The largest absolute Gasteiger partial charge is 0.395 e. The van der Waals surface area contributed by atoms with Gasteiger partial charge in [-0.05, 0) is 45.7 Å². The topological polar surface area (TPSA) is 69.6 Å². The maximum atomic E-state index is 12.2. The van der Waals surface area contributed by atoms with Crippen LogP contribution in [0.25, 0.3) is 0 Å². The van der Waals surface area contributed by atoms with Crippen molar-refractivity contribution in [2.45, 2.75) is 32.7 Å². The fraction of sp³-hybridized carbons (Fsp3) is 1.00. The third kappa shape index (κ3) is 4.54. The van der Waals surface area contributed by atoms with Crippen molar-refractivity contribution in [3.05, 3.63) is 0 Å². The number of sulfonamides is 1. The zero-order chi connectivity index (χ0) is 12.9. The molecule has 0 aromatic rings. The summed E-state index contributed by atoms with van der Waals surface area (Å²) >= 11 is 0. The van der Waals surface area contributed by atoms with Gasteiger partial charge in [0.1, 0.15) is 0 Å². The van der Waals surface area contributed by atoms with Crippen LogP contribution < -0.4 is 5.32 Å². The van der Waals surface area contributed by atoms with Gasteiger partial charge in [0.25, 0.3) is 0 Å². The molecule has 0 spiro atoms. The summed E-state index contributed by atoms with van der Waals surface area (Å²) in [6, 6.07) is -0.0890. The van der Waals surface area contributed by atoms with E-state index >= 15 is 0 Å². The SMILES string of the molecule is CC(C)N(CCO)S(=O)(=O)CC1CCNCC1. The number of aliphatic hydroxyl groups is 1. The third-order valence-corrected chi connectivity index (χ3v) is 5.37. The summed E-state index contributed by atoms with van der Waals surface area (Å²) in [6.45, 7) is 5.57. The van der Waals surface area contributed by atoms with E-state index in [-0.39, 0.29) is 30.9 Å². The molecule has 6 heteroatoms. The standard InChI is InChI=1S/C11H24N2O3S/c1-10(2)13(7-8-14)17(15,16)9-11-3-5-12-6-4-11/h10-12,14H,3-9H2,1-2H3. The predicted octanol–water partition coefficient (Wildman–Crippen LogP) is 0.0185. The van der Waals surface area contributed by atoms with Crippen molar-refractivity contribution in [1.29, 1.82) is 0 Å². The Balaban J connectivity index is 2.63. The van der Waals surface area contributed by atoms with E-state index in [9.17, 15) is 8.42 Å². The quantitative estimate of drug-likeness (QED) is 0.709. The van der Waals surface area contributed by atoms with Crippen LogP contribution in [-0.2, 0) is 10.0 Å². The minimum absolute atomic E-state index is 0.0890. The summed E-state index contributed by atoms with van der Waals surface area (Å²) in [6.07, 6.45) is 1.84. The lowest BCUT2D eigenvalue weighted by molar-refractivity contribution is 0.235. The molecule has 0 amide bonds. The Morgan fingerprint density at radius 3 is 2.41 bits per heavy atom. The highest BCUT2D eigenvalue weighted by Crippen LogP contribution is 2.17. The highest BCUT2D eigenvalue weighted by atomic mass is 32.2. The zero-order valence-corrected chi connectivity index (χ0v) is 11.5. The van der Waals surface area contributed by atoms with Crippen LogP contribution in [0.4, 0.5) is 0 Å². The van der Waals surface area contributed by atoms with Gasteiger partial charge in [0, 0.05) is 12.6 Å². The summed E-state index contributed by atoms with van der Waals surface area (Å²) in [5.41, 5.74) is 0. The monoisotopic (exact) mass is 264 g/mol. The molecule has 0 unspecified atom stereocenters. The fourth-order valence-corrected chi connectivity index (χ4v) is 4.38. The lowest BCUT2D eigenvalue weighted by Crippen LogP contribution is -2.43. The van der Waals surface area contributed by atoms with Crippen molar-refractivity contribution < 1.29 is 13.5 Å². The third-order valence-electron chi connectivity index (χ3n) is 3.16. The second-order valence-electron chi connectivity index (χ2n) is 4.90. The van der Waals surface area contributed by atoms with Crippen LogP contribution in [-0.4, -0.2) is 55.9 Å². The minimum Gasteiger partial charge on any atom is -0.395 e. The Labute approximate surface area is 104 Å². The van der Waals surface area contributed by atoms with Crippen LogP contribution in [0.5, 0.6) is 0 Å². The van der Waals surface area contributed by atoms with Gasteiger partial charge in [0.2, 0.25) is 10.0 Å². The van der Waals surface area contributed by atoms with E-state index in [1.165, 1.54) is 4.31 Å². The van der Waals surface area contributed by atoms with Crippen LogP contribution in [0, 0.1) is 5.92 Å². The van der Waals surface area contributed by atoms with Crippen molar-refractivity contribution in [3.63, 3.8) is 0 Å². The van der Waals surface area contributed by atoms with Crippen molar-refractivity contribution in [2.24, 2.45) is 5.92 Å². The molecule has 0 radical (unpaired) electrons. The molecule has 17 heavy (non-hydrogen) atoms. The van der Waals surface area contributed by atoms with Gasteiger partial charge in [-0.1, -0.05) is 0 Å². The average molecular weight is 264 g/mol. The molecule has 0 aliphatic carbocycles. The Kier molecular flexibility index (Phi) is 5.85. The first-order valence-corrected chi connectivity index (χ1v) is 7.89. The second kappa shape index (κ2) is 6.68. The molecule has 0 bridgehead atoms. The van der Waals surface area contributed by atoms with Gasteiger partial charge in [-0.2, -0.15) is 4.31 Å². The van der Waals surface area contributed by atoms with Crippen LogP contribution in [0.15, 0.2) is 0 Å². The summed E-state index contributed by atoms with van der Waals surface area (Å²) < 4.78 is 25.9. The van der Waals surface area contributed by atoms with Crippen LogP contribution in [0.2, 0.25) is 0 Å². The van der Waals surface area contributed by atoms with Crippen molar-refractivity contribution in [3.8, 4) is 0 Å². The highest BCUT2D eigenvalue weighted by molar-refractivity contribution is 7.89. The molecule has 5 nitrogen and oxygen atoms in total. The Bertz CT molecular complexity index is 311. The first-order chi connectivity index (χ1) is 7.97. The molecule has 0 aromatic carbocycles. The van der Waals surface area contributed by atoms with Crippen molar-refractivity contribution in [2.75, 3.05) is 32.0 Å². The van der Waals surface area contributed by atoms with E-state index in [0.717, 1.165) is 25.9 Å². The van der Waals surface area contributed by atoms with Gasteiger partial charge in [-0.25, -0.2) is 8.42 Å². The summed E-state index contributed by atoms with van der Waals surface area (Å²) in [7, 11) is -3.24. The number of aliphatic hydroxyl groups excluding tert-OH is 1. The van der Waals surface area contributed by atoms with E-state index in [4.69, 9.17) is 5.11 Å². The zero-order valence-electron chi connectivity index (χ0n) is 10.7. The summed E-state index contributed by atoms with van der Waals surface area (Å²) in [4.78, 5) is 0. The smallest absolute Gasteiger partial charge is 0.214 e. The number of rotatable bonds is 6. The molecule has 102 valence electrons. The van der Waals surface area contributed by atoms with Gasteiger partial charge in [-0.15, -0.1) is 0 Å². The van der Waals surface area contributed by atoms with Gasteiger partial charge in [-0.3, -0.25) is 0 Å². The first-order valence-electron chi connectivity index (χ1n) is 6.28. The number of hydrogen-bond acceptors (Lipinski definition) is 4. The number of nitrogens with one attached hydrogen (secondary N) is 1. The molecule has 1 aliphatic heterocycles. The second-order valence-corrected chi connectivity index (χ2v) is 6.87. The van der Waals surface area contributed by atoms with Crippen LogP contribution in [0.3, 0.4) is 0 Å². The van der Waals surface area contributed by atoms with Crippen molar-refractivity contribution >= 4 is 10.0 Å². The van der Waals surface area contributed by atoms with E-state index in [0.29, 0.717) is 0 Å². The molecular weight excluding hydrogens is 240 g/mol. The summed E-state index contributed by atoms with van der Waals surface area (Å²) in [5.74, 6) is 0.466. The molecule has 0 saturated carbocycles. The first kappa shape index (κ1) is 14.9. The predicted molar refractivity (Wildman–Crippen MR) is 68.3 cm³/mol. The Hall–Kier alpha value is -0.170. The molecule has 1 rings (SSSR count).